The lowest BCUT2D eigenvalue weighted by molar-refractivity contribution is -0.384. The summed E-state index contributed by atoms with van der Waals surface area (Å²) in [6, 6.07) is 12.0. The Morgan fingerprint density at radius 3 is 2.82 bits per heavy atom. The molecular weight excluding hydrogens is 478 g/mol. The summed E-state index contributed by atoms with van der Waals surface area (Å²) in [4.78, 5) is 29.8. The average Bonchev–Trinajstić information content (AvgIpc) is 3.31. The lowest BCUT2D eigenvalue weighted by atomic mass is 9.97. The Morgan fingerprint density at radius 2 is 2.09 bits per heavy atom. The van der Waals surface area contributed by atoms with Crippen LogP contribution < -0.4 is 15.0 Å². The van der Waals surface area contributed by atoms with Gasteiger partial charge < -0.3 is 15.0 Å². The Balaban J connectivity index is 1.26. The number of benzene rings is 2. The molecule has 1 saturated heterocycles. The van der Waals surface area contributed by atoms with E-state index in [1.54, 1.807) is 7.11 Å². The number of hydrogen-bond acceptors (Lipinski definition) is 8. The van der Waals surface area contributed by atoms with E-state index in [-0.39, 0.29) is 22.2 Å². The van der Waals surface area contributed by atoms with Gasteiger partial charge in [0.05, 0.1) is 12.0 Å². The van der Waals surface area contributed by atoms with Crippen molar-refractivity contribution in [2.75, 3.05) is 31.6 Å². The summed E-state index contributed by atoms with van der Waals surface area (Å²) in [5, 5.41) is 14.9. The Hall–Kier alpha value is -3.24. The molecular formula is C23H24ClN5O4S. The number of carbonyl (C=O) groups is 1. The third-order valence-corrected chi connectivity index (χ3v) is 6.93. The molecule has 0 aliphatic carbocycles. The third kappa shape index (κ3) is 5.81. The molecule has 0 atom stereocenters. The fourth-order valence-electron chi connectivity index (χ4n) is 3.87. The molecule has 1 N–H and O–H groups in total. The number of methoxy groups -OCH3 is 1. The summed E-state index contributed by atoms with van der Waals surface area (Å²) in [6.07, 6.45) is 2.47. The smallest absolute Gasteiger partial charge is 0.288 e. The molecule has 2 heterocycles. The minimum Gasteiger partial charge on any atom is -0.497 e. The molecule has 1 aliphatic rings. The number of rotatable bonds is 8. The van der Waals surface area contributed by atoms with Crippen molar-refractivity contribution in [3.63, 3.8) is 0 Å². The molecule has 1 fully saturated rings. The normalized spacial score (nSPS) is 14.1. The van der Waals surface area contributed by atoms with Crippen molar-refractivity contribution in [3.8, 4) is 5.75 Å². The lowest BCUT2D eigenvalue weighted by Crippen LogP contribution is -2.38. The number of carbonyl (C=O) groups excluding carboxylic acids is 1. The maximum Gasteiger partial charge on any atom is 0.288 e. The van der Waals surface area contributed by atoms with Gasteiger partial charge in [-0.1, -0.05) is 23.7 Å². The molecule has 1 aliphatic heterocycles. The minimum absolute atomic E-state index is 0.0113. The summed E-state index contributed by atoms with van der Waals surface area (Å²) in [5.41, 5.74) is 1.06. The zero-order valence-corrected chi connectivity index (χ0v) is 20.1. The Kier molecular flexibility index (Phi) is 7.59. The summed E-state index contributed by atoms with van der Waals surface area (Å²) in [7, 11) is 1.65. The summed E-state index contributed by atoms with van der Waals surface area (Å²) in [5.74, 6) is 1.59. The molecule has 2 aromatic carbocycles. The average molecular weight is 502 g/mol. The van der Waals surface area contributed by atoms with Gasteiger partial charge in [0.2, 0.25) is 5.13 Å². The van der Waals surface area contributed by atoms with Gasteiger partial charge in [0.25, 0.3) is 11.6 Å². The summed E-state index contributed by atoms with van der Waals surface area (Å²) < 4.78 is 9.79. The van der Waals surface area contributed by atoms with E-state index in [9.17, 15) is 14.9 Å². The molecule has 0 spiro atoms. The highest BCUT2D eigenvalue weighted by atomic mass is 35.5. The van der Waals surface area contributed by atoms with E-state index in [2.05, 4.69) is 14.6 Å². The standard InChI is InChI=1S/C23H24ClN5O4S/c1-33-18-4-2-3-16(11-18)12-21-26-23(34-27-21)28-9-7-15(8-10-28)14-25-22(30)17-5-6-19(24)20(13-17)29(31)32/h2-6,11,13,15H,7-10,12,14H2,1H3,(H,25,30). The van der Waals surface area contributed by atoms with Crippen LogP contribution in [0.2, 0.25) is 5.02 Å². The van der Waals surface area contributed by atoms with Crippen molar-refractivity contribution in [2.45, 2.75) is 19.3 Å². The molecule has 34 heavy (non-hydrogen) atoms. The Morgan fingerprint density at radius 1 is 1.29 bits per heavy atom. The van der Waals surface area contributed by atoms with Crippen molar-refractivity contribution in [1.82, 2.24) is 14.7 Å². The first-order valence-electron chi connectivity index (χ1n) is 10.9. The topological polar surface area (TPSA) is 110 Å². The predicted molar refractivity (Wildman–Crippen MR) is 131 cm³/mol. The van der Waals surface area contributed by atoms with E-state index in [1.165, 1.54) is 29.7 Å². The zero-order valence-electron chi connectivity index (χ0n) is 18.6. The second kappa shape index (κ2) is 10.8. The first-order chi connectivity index (χ1) is 16.4. The number of nitrogens with one attached hydrogen (secondary N) is 1. The number of piperidine rings is 1. The Labute approximate surface area is 206 Å². The van der Waals surface area contributed by atoms with Crippen molar-refractivity contribution < 1.29 is 14.5 Å². The molecule has 3 aromatic rings. The molecule has 0 saturated carbocycles. The predicted octanol–water partition coefficient (Wildman–Crippen LogP) is 4.35. The fraction of sp³-hybridized carbons (Fsp3) is 0.348. The van der Waals surface area contributed by atoms with Crippen molar-refractivity contribution in [1.29, 1.82) is 0 Å². The molecule has 0 radical (unpaired) electrons. The number of hydrogen-bond donors (Lipinski definition) is 1. The molecule has 0 bridgehead atoms. The molecule has 1 amide bonds. The summed E-state index contributed by atoms with van der Waals surface area (Å²) in [6.45, 7) is 2.18. The van der Waals surface area contributed by atoms with E-state index < -0.39 is 4.92 Å². The van der Waals surface area contributed by atoms with Crippen LogP contribution >= 0.6 is 23.1 Å². The van der Waals surface area contributed by atoms with E-state index in [1.807, 2.05) is 24.3 Å². The van der Waals surface area contributed by atoms with Gasteiger partial charge in [-0.25, -0.2) is 4.98 Å². The quantitative estimate of drug-likeness (QED) is 0.361. The highest BCUT2D eigenvalue weighted by molar-refractivity contribution is 7.09. The number of aromatic nitrogens is 2. The number of halogens is 1. The Bertz CT molecular complexity index is 1180. The molecule has 9 nitrogen and oxygen atoms in total. The molecule has 0 unspecified atom stereocenters. The van der Waals surface area contributed by atoms with Gasteiger partial charge in [-0.2, -0.15) is 4.37 Å². The van der Waals surface area contributed by atoms with Crippen LogP contribution in [0.1, 0.15) is 34.6 Å². The highest BCUT2D eigenvalue weighted by Gasteiger charge is 2.23. The third-order valence-electron chi connectivity index (χ3n) is 5.80. The molecule has 1 aromatic heterocycles. The summed E-state index contributed by atoms with van der Waals surface area (Å²) >= 11 is 7.23. The first kappa shape index (κ1) is 23.9. The van der Waals surface area contributed by atoms with Crippen LogP contribution in [0.3, 0.4) is 0 Å². The second-order valence-corrected chi connectivity index (χ2v) is 9.22. The number of nitro benzene ring substituents is 1. The van der Waals surface area contributed by atoms with E-state index >= 15 is 0 Å². The molecule has 11 heteroatoms. The maximum absolute atomic E-state index is 12.4. The number of nitrogens with zero attached hydrogens (tertiary/aromatic N) is 4. The number of anilines is 1. The van der Waals surface area contributed by atoms with E-state index in [4.69, 9.17) is 21.3 Å². The van der Waals surface area contributed by atoms with Gasteiger partial charge in [-0.05, 0) is 48.6 Å². The van der Waals surface area contributed by atoms with Gasteiger partial charge in [-0.15, -0.1) is 0 Å². The van der Waals surface area contributed by atoms with Crippen LogP contribution in [0.25, 0.3) is 0 Å². The lowest BCUT2D eigenvalue weighted by Gasteiger charge is -2.31. The first-order valence-corrected chi connectivity index (χ1v) is 12.0. The van der Waals surface area contributed by atoms with Gasteiger partial charge in [0, 0.05) is 49.2 Å². The van der Waals surface area contributed by atoms with Gasteiger partial charge in [0.1, 0.15) is 16.6 Å². The molecule has 4 rings (SSSR count). The minimum atomic E-state index is -0.593. The number of amides is 1. The van der Waals surface area contributed by atoms with E-state index in [0.29, 0.717) is 18.9 Å². The molecule has 178 valence electrons. The van der Waals surface area contributed by atoms with Crippen molar-refractivity contribution >= 4 is 39.9 Å². The van der Waals surface area contributed by atoms with Gasteiger partial charge >= 0.3 is 0 Å². The van der Waals surface area contributed by atoms with Gasteiger partial charge in [-0.3, -0.25) is 14.9 Å². The maximum atomic E-state index is 12.4. The highest BCUT2D eigenvalue weighted by Crippen LogP contribution is 2.27. The van der Waals surface area contributed by atoms with Crippen LogP contribution in [-0.2, 0) is 6.42 Å². The monoisotopic (exact) mass is 501 g/mol. The fourth-order valence-corrected chi connectivity index (χ4v) is 4.79. The largest absolute Gasteiger partial charge is 0.497 e. The van der Waals surface area contributed by atoms with Gasteiger partial charge in [0.15, 0.2) is 0 Å². The SMILES string of the molecule is COc1cccc(Cc2nsc(N3CCC(CNC(=O)c4ccc(Cl)c([N+](=O)[O-])c4)CC3)n2)c1. The van der Waals surface area contributed by atoms with Crippen LogP contribution in [0, 0.1) is 16.0 Å². The van der Waals surface area contributed by atoms with Crippen LogP contribution in [-0.4, -0.2) is 46.9 Å². The number of ether oxygens (including phenoxy) is 1. The second-order valence-electron chi connectivity index (χ2n) is 8.09. The van der Waals surface area contributed by atoms with Crippen LogP contribution in [0.5, 0.6) is 5.75 Å². The van der Waals surface area contributed by atoms with E-state index in [0.717, 1.165) is 48.2 Å². The number of nitro groups is 1. The van der Waals surface area contributed by atoms with Crippen LogP contribution in [0.4, 0.5) is 10.8 Å². The van der Waals surface area contributed by atoms with Crippen molar-refractivity contribution in [2.24, 2.45) is 5.92 Å². The van der Waals surface area contributed by atoms with Crippen molar-refractivity contribution in [3.05, 3.63) is 74.6 Å². The van der Waals surface area contributed by atoms with Crippen LogP contribution in [0.15, 0.2) is 42.5 Å². The zero-order chi connectivity index (χ0) is 24.1.